The van der Waals surface area contributed by atoms with Gasteiger partial charge in [-0.15, -0.1) is 11.3 Å². The van der Waals surface area contributed by atoms with Crippen molar-refractivity contribution in [1.29, 1.82) is 0 Å². The van der Waals surface area contributed by atoms with Crippen LogP contribution in [-0.4, -0.2) is 5.78 Å². The molecule has 94 valence electrons. The van der Waals surface area contributed by atoms with Gasteiger partial charge in [-0.05, 0) is 55.6 Å². The second-order valence-corrected chi connectivity index (χ2v) is 8.24. The van der Waals surface area contributed by atoms with Crippen molar-refractivity contribution in [3.63, 3.8) is 0 Å². The minimum Gasteiger partial charge on any atom is -0.294 e. The summed E-state index contributed by atoms with van der Waals surface area (Å²) in [6.07, 6.45) is 0.0564. The summed E-state index contributed by atoms with van der Waals surface area (Å²) in [5.74, 6) is -0.479. The SMILES string of the molecule is O=C(Cc1ccc(Br)cc1F)c1cc(Br)sc1Br. The van der Waals surface area contributed by atoms with Crippen LogP contribution in [0.3, 0.4) is 0 Å². The van der Waals surface area contributed by atoms with Crippen LogP contribution < -0.4 is 0 Å². The van der Waals surface area contributed by atoms with Gasteiger partial charge in [-0.2, -0.15) is 0 Å². The van der Waals surface area contributed by atoms with Gasteiger partial charge in [0.1, 0.15) is 5.82 Å². The molecule has 1 heterocycles. The first kappa shape index (κ1) is 14.4. The maximum Gasteiger partial charge on any atom is 0.169 e. The third-order valence-corrected chi connectivity index (χ3v) is 5.16. The standard InChI is InChI=1S/C12H6Br3FOS/c13-7-2-1-6(9(16)4-7)3-10(17)8-5-11(14)18-12(8)15/h1-2,4-5H,3H2. The average Bonchev–Trinajstić information content (AvgIpc) is 2.62. The lowest BCUT2D eigenvalue weighted by atomic mass is 10.1. The number of ketones is 1. The van der Waals surface area contributed by atoms with Gasteiger partial charge in [0.15, 0.2) is 5.78 Å². The van der Waals surface area contributed by atoms with E-state index >= 15 is 0 Å². The molecule has 0 saturated heterocycles. The lowest BCUT2D eigenvalue weighted by Gasteiger charge is -2.02. The van der Waals surface area contributed by atoms with Gasteiger partial charge in [-0.3, -0.25) is 4.79 Å². The molecule has 0 spiro atoms. The van der Waals surface area contributed by atoms with E-state index in [1.165, 1.54) is 17.4 Å². The first-order valence-electron chi connectivity index (χ1n) is 4.89. The molecule has 0 bridgehead atoms. The quantitative estimate of drug-likeness (QED) is 0.549. The van der Waals surface area contributed by atoms with E-state index in [-0.39, 0.29) is 18.0 Å². The van der Waals surface area contributed by atoms with Crippen LogP contribution in [0.15, 0.2) is 36.3 Å². The molecule has 0 aliphatic carbocycles. The molecule has 1 aromatic carbocycles. The van der Waals surface area contributed by atoms with E-state index in [1.807, 2.05) is 0 Å². The molecule has 0 aliphatic rings. The number of benzene rings is 1. The molecule has 2 rings (SSSR count). The summed E-state index contributed by atoms with van der Waals surface area (Å²) in [4.78, 5) is 12.1. The van der Waals surface area contributed by atoms with Gasteiger partial charge in [-0.1, -0.05) is 22.0 Å². The number of hydrogen-bond donors (Lipinski definition) is 0. The largest absolute Gasteiger partial charge is 0.294 e. The summed E-state index contributed by atoms with van der Waals surface area (Å²) in [6, 6.07) is 6.45. The van der Waals surface area contributed by atoms with Crippen LogP contribution in [0.5, 0.6) is 0 Å². The van der Waals surface area contributed by atoms with Crippen molar-refractivity contribution in [3.8, 4) is 0 Å². The molecule has 0 unspecified atom stereocenters. The highest BCUT2D eigenvalue weighted by Gasteiger charge is 2.16. The average molecular weight is 457 g/mol. The number of halogens is 4. The maximum absolute atomic E-state index is 13.6. The Labute approximate surface area is 133 Å². The zero-order chi connectivity index (χ0) is 13.3. The molecule has 0 amide bonds. The van der Waals surface area contributed by atoms with Crippen LogP contribution >= 0.6 is 59.1 Å². The predicted molar refractivity (Wildman–Crippen MR) is 81.9 cm³/mol. The summed E-state index contributed by atoms with van der Waals surface area (Å²) in [5, 5.41) is 0. The second-order valence-electron chi connectivity index (χ2n) is 3.57. The molecular formula is C12H6Br3FOS. The fourth-order valence-electron chi connectivity index (χ4n) is 1.46. The molecule has 0 saturated carbocycles. The van der Waals surface area contributed by atoms with E-state index < -0.39 is 0 Å². The summed E-state index contributed by atoms with van der Waals surface area (Å²) in [7, 11) is 0. The number of hydrogen-bond acceptors (Lipinski definition) is 2. The van der Waals surface area contributed by atoms with Crippen molar-refractivity contribution >= 4 is 64.9 Å². The fourth-order valence-corrected chi connectivity index (χ4v) is 4.65. The molecule has 0 aliphatic heterocycles. The van der Waals surface area contributed by atoms with Crippen molar-refractivity contribution in [3.05, 3.63) is 53.3 Å². The molecule has 0 radical (unpaired) electrons. The summed E-state index contributed by atoms with van der Waals surface area (Å²) >= 11 is 11.3. The van der Waals surface area contributed by atoms with Gasteiger partial charge in [0, 0.05) is 16.5 Å². The molecule has 6 heteroatoms. The van der Waals surface area contributed by atoms with E-state index in [2.05, 4.69) is 47.8 Å². The Morgan fingerprint density at radius 2 is 1.94 bits per heavy atom. The van der Waals surface area contributed by atoms with Crippen molar-refractivity contribution < 1.29 is 9.18 Å². The number of carbonyl (C=O) groups is 1. The van der Waals surface area contributed by atoms with Crippen LogP contribution in [0.2, 0.25) is 0 Å². The Kier molecular flexibility index (Phi) is 4.75. The second kappa shape index (κ2) is 5.94. The maximum atomic E-state index is 13.6. The Balaban J connectivity index is 2.24. The highest BCUT2D eigenvalue weighted by atomic mass is 79.9. The van der Waals surface area contributed by atoms with Gasteiger partial charge < -0.3 is 0 Å². The van der Waals surface area contributed by atoms with Crippen LogP contribution in [0.25, 0.3) is 0 Å². The highest BCUT2D eigenvalue weighted by molar-refractivity contribution is 9.12. The lowest BCUT2D eigenvalue weighted by Crippen LogP contribution is -2.04. The Morgan fingerprint density at radius 3 is 2.50 bits per heavy atom. The summed E-state index contributed by atoms with van der Waals surface area (Å²) < 4.78 is 15.9. The minimum absolute atomic E-state index is 0.0564. The van der Waals surface area contributed by atoms with E-state index in [9.17, 15) is 9.18 Å². The third-order valence-electron chi connectivity index (χ3n) is 2.32. The monoisotopic (exact) mass is 454 g/mol. The molecule has 0 fully saturated rings. The van der Waals surface area contributed by atoms with Gasteiger partial charge in [0.2, 0.25) is 0 Å². The molecule has 0 atom stereocenters. The van der Waals surface area contributed by atoms with E-state index in [0.717, 1.165) is 7.57 Å². The molecule has 0 N–H and O–H groups in total. The molecule has 2 aromatic rings. The lowest BCUT2D eigenvalue weighted by molar-refractivity contribution is 0.0991. The van der Waals surface area contributed by atoms with E-state index in [4.69, 9.17) is 0 Å². The van der Waals surface area contributed by atoms with Gasteiger partial charge in [-0.25, -0.2) is 4.39 Å². The minimum atomic E-state index is -0.372. The van der Waals surface area contributed by atoms with E-state index in [1.54, 1.807) is 18.2 Å². The van der Waals surface area contributed by atoms with Gasteiger partial charge >= 0.3 is 0 Å². The zero-order valence-corrected chi connectivity index (χ0v) is 14.4. The topological polar surface area (TPSA) is 17.1 Å². The fraction of sp³-hybridized carbons (Fsp3) is 0.0833. The van der Waals surface area contributed by atoms with Crippen LogP contribution in [-0.2, 0) is 6.42 Å². The van der Waals surface area contributed by atoms with Gasteiger partial charge in [0.25, 0.3) is 0 Å². The van der Waals surface area contributed by atoms with Crippen LogP contribution in [0.4, 0.5) is 4.39 Å². The molecule has 1 aromatic heterocycles. The first-order valence-corrected chi connectivity index (χ1v) is 8.09. The van der Waals surface area contributed by atoms with Crippen molar-refractivity contribution in [2.24, 2.45) is 0 Å². The van der Waals surface area contributed by atoms with E-state index in [0.29, 0.717) is 15.6 Å². The smallest absolute Gasteiger partial charge is 0.169 e. The number of rotatable bonds is 3. The molecule has 1 nitrogen and oxygen atoms in total. The Hall–Kier alpha value is -0.0400. The highest BCUT2D eigenvalue weighted by Crippen LogP contribution is 2.32. The summed E-state index contributed by atoms with van der Waals surface area (Å²) in [5.41, 5.74) is 0.978. The van der Waals surface area contributed by atoms with Crippen LogP contribution in [0, 0.1) is 5.82 Å². The number of Topliss-reactive ketones (excluding diaryl/α,β-unsaturated/α-hetero) is 1. The third kappa shape index (κ3) is 3.29. The van der Waals surface area contributed by atoms with Crippen molar-refractivity contribution in [1.82, 2.24) is 0 Å². The summed E-state index contributed by atoms with van der Waals surface area (Å²) in [6.45, 7) is 0. The molecular weight excluding hydrogens is 451 g/mol. The van der Waals surface area contributed by atoms with Gasteiger partial charge in [0.05, 0.1) is 7.57 Å². The number of carbonyl (C=O) groups excluding carboxylic acids is 1. The van der Waals surface area contributed by atoms with Crippen molar-refractivity contribution in [2.45, 2.75) is 6.42 Å². The molecule has 18 heavy (non-hydrogen) atoms. The van der Waals surface area contributed by atoms with Crippen LogP contribution in [0.1, 0.15) is 15.9 Å². The predicted octanol–water partition coefficient (Wildman–Crippen LogP) is 5.60. The zero-order valence-electron chi connectivity index (χ0n) is 8.84. The Bertz CT molecular complexity index is 609. The number of thiophene rings is 1. The Morgan fingerprint density at radius 1 is 1.22 bits per heavy atom. The normalized spacial score (nSPS) is 10.7. The first-order chi connectivity index (χ1) is 8.47. The van der Waals surface area contributed by atoms with Crippen molar-refractivity contribution in [2.75, 3.05) is 0 Å².